The number of amides is 1. The number of hydrogen-bond donors (Lipinski definition) is 4. The largest absolute Gasteiger partial charge is 0.490 e. The third kappa shape index (κ3) is 10.9. The molecular formula is C39H44Cl2N2O9. The standard InChI is InChI=1S/C39H44Cl2N2O9/c40-31-22-26(24-51-39(18-19-39)30-23-42-20-14-28(30)29-6-2-3-7-33(29)52-27-9-10-27)32(41)21-25(31)5-1-4-8-34(44)43-38(15-11-35(45)46,16-12-36(47)48)17-13-37(49)50/h2-3,6-7,14,20-23,27H,1,4-5,8-13,15-19,24H2,(H,43,44)(H,45,46)(H,47,48)(H,49,50). The Morgan fingerprint density at radius 3 is 2.06 bits per heavy atom. The van der Waals surface area contributed by atoms with E-state index in [0.717, 1.165) is 59.3 Å². The van der Waals surface area contributed by atoms with Gasteiger partial charge in [-0.1, -0.05) is 41.4 Å². The molecule has 2 aliphatic rings. The molecule has 0 radical (unpaired) electrons. The Kier molecular flexibility index (Phi) is 13.2. The van der Waals surface area contributed by atoms with Gasteiger partial charge in [0.2, 0.25) is 5.91 Å². The maximum Gasteiger partial charge on any atom is 0.303 e. The van der Waals surface area contributed by atoms with Crippen molar-refractivity contribution in [2.24, 2.45) is 0 Å². The molecule has 2 aliphatic carbocycles. The van der Waals surface area contributed by atoms with Gasteiger partial charge in [0.15, 0.2) is 0 Å². The van der Waals surface area contributed by atoms with E-state index in [-0.39, 0.29) is 57.7 Å². The molecule has 1 heterocycles. The third-order valence-electron chi connectivity index (χ3n) is 9.69. The van der Waals surface area contributed by atoms with E-state index in [1.165, 1.54) is 0 Å². The van der Waals surface area contributed by atoms with Crippen LogP contribution < -0.4 is 10.1 Å². The van der Waals surface area contributed by atoms with Crippen molar-refractivity contribution < 1.29 is 44.0 Å². The van der Waals surface area contributed by atoms with Gasteiger partial charge in [0, 0.05) is 64.8 Å². The van der Waals surface area contributed by atoms with Crippen LogP contribution in [0.1, 0.15) is 100 Å². The number of benzene rings is 2. The van der Waals surface area contributed by atoms with Crippen LogP contribution in [0.4, 0.5) is 0 Å². The summed E-state index contributed by atoms with van der Waals surface area (Å²) in [6.45, 7) is 0.251. The molecule has 4 N–H and O–H groups in total. The summed E-state index contributed by atoms with van der Waals surface area (Å²) in [4.78, 5) is 51.3. The van der Waals surface area contributed by atoms with Crippen molar-refractivity contribution in [3.8, 4) is 16.9 Å². The van der Waals surface area contributed by atoms with Gasteiger partial charge >= 0.3 is 17.9 Å². The molecule has 0 atom stereocenters. The van der Waals surface area contributed by atoms with Crippen LogP contribution in [0.15, 0.2) is 54.9 Å². The maximum atomic E-state index is 13.0. The van der Waals surface area contributed by atoms with Gasteiger partial charge in [0.05, 0.1) is 18.3 Å². The molecule has 5 rings (SSSR count). The van der Waals surface area contributed by atoms with Crippen LogP contribution in [0, 0.1) is 0 Å². The van der Waals surface area contributed by atoms with Gasteiger partial charge in [-0.3, -0.25) is 24.2 Å². The number of unbranched alkanes of at least 4 members (excludes halogenated alkanes) is 1. The number of nitrogens with one attached hydrogen (secondary N) is 1. The number of rotatable bonds is 22. The van der Waals surface area contributed by atoms with Crippen molar-refractivity contribution in [3.05, 3.63) is 81.6 Å². The van der Waals surface area contributed by atoms with E-state index in [1.807, 2.05) is 42.6 Å². The number of para-hydroxylation sites is 1. The predicted molar refractivity (Wildman–Crippen MR) is 195 cm³/mol. The van der Waals surface area contributed by atoms with Gasteiger partial charge in [0.25, 0.3) is 0 Å². The molecule has 278 valence electrons. The normalized spacial score (nSPS) is 14.8. The summed E-state index contributed by atoms with van der Waals surface area (Å²) in [5.41, 5.74) is 2.86. The second-order valence-electron chi connectivity index (χ2n) is 13.8. The molecule has 11 nitrogen and oxygen atoms in total. The molecule has 0 spiro atoms. The highest BCUT2D eigenvalue weighted by Crippen LogP contribution is 2.53. The zero-order valence-electron chi connectivity index (χ0n) is 28.9. The highest BCUT2D eigenvalue weighted by Gasteiger charge is 2.48. The number of pyridine rings is 1. The van der Waals surface area contributed by atoms with Crippen LogP contribution in [0.25, 0.3) is 11.1 Å². The SMILES string of the molecule is O=C(O)CCC(CCC(=O)O)(CCC(=O)O)NC(=O)CCCCc1cc(Cl)c(COC2(c3cnccc3-c3ccccc3OC3CC3)CC2)cc1Cl. The number of nitrogens with zero attached hydrogens (tertiary/aromatic N) is 1. The van der Waals surface area contributed by atoms with E-state index in [2.05, 4.69) is 16.4 Å². The van der Waals surface area contributed by atoms with Crippen molar-refractivity contribution in [1.29, 1.82) is 0 Å². The highest BCUT2D eigenvalue weighted by atomic mass is 35.5. The lowest BCUT2D eigenvalue weighted by molar-refractivity contribution is -0.139. The van der Waals surface area contributed by atoms with E-state index in [0.29, 0.717) is 29.3 Å². The third-order valence-corrected chi connectivity index (χ3v) is 10.4. The first-order valence-electron chi connectivity index (χ1n) is 17.7. The fraction of sp³-hybridized carbons (Fsp3) is 0.462. The molecule has 13 heteroatoms. The van der Waals surface area contributed by atoms with E-state index < -0.39 is 35.0 Å². The Bertz CT molecular complexity index is 1730. The minimum atomic E-state index is -1.26. The van der Waals surface area contributed by atoms with Crippen molar-refractivity contribution >= 4 is 47.0 Å². The van der Waals surface area contributed by atoms with Gasteiger partial charge in [-0.2, -0.15) is 0 Å². The Morgan fingerprint density at radius 1 is 0.827 bits per heavy atom. The summed E-state index contributed by atoms with van der Waals surface area (Å²) in [7, 11) is 0. The number of hydrogen-bond acceptors (Lipinski definition) is 7. The molecule has 1 amide bonds. The number of halogens is 2. The Hall–Kier alpha value is -4.19. The fourth-order valence-corrected chi connectivity index (χ4v) is 6.98. The zero-order chi connectivity index (χ0) is 37.3. The molecule has 0 bridgehead atoms. The monoisotopic (exact) mass is 754 g/mol. The van der Waals surface area contributed by atoms with E-state index in [4.69, 9.17) is 32.7 Å². The summed E-state index contributed by atoms with van der Waals surface area (Å²) in [6.07, 6.45) is 8.17. The highest BCUT2D eigenvalue weighted by molar-refractivity contribution is 6.34. The lowest BCUT2D eigenvalue weighted by Crippen LogP contribution is -2.49. The molecular weight excluding hydrogens is 711 g/mol. The number of aliphatic carboxylic acids is 3. The summed E-state index contributed by atoms with van der Waals surface area (Å²) < 4.78 is 12.8. The first-order valence-corrected chi connectivity index (χ1v) is 18.4. The number of carbonyl (C=O) groups is 4. The minimum absolute atomic E-state index is 0.0768. The predicted octanol–water partition coefficient (Wildman–Crippen LogP) is 7.96. The van der Waals surface area contributed by atoms with Gasteiger partial charge in [-0.15, -0.1) is 0 Å². The number of aryl methyl sites for hydroxylation is 1. The van der Waals surface area contributed by atoms with Crippen LogP contribution in [0.5, 0.6) is 5.75 Å². The molecule has 2 fully saturated rings. The Balaban J connectivity index is 1.17. The zero-order valence-corrected chi connectivity index (χ0v) is 30.4. The minimum Gasteiger partial charge on any atom is -0.490 e. The average molecular weight is 756 g/mol. The summed E-state index contributed by atoms with van der Waals surface area (Å²) in [5.74, 6) is -2.91. The van der Waals surface area contributed by atoms with Gasteiger partial charge in [-0.05, 0) is 105 Å². The molecule has 0 saturated heterocycles. The smallest absolute Gasteiger partial charge is 0.303 e. The number of ether oxygens (including phenoxy) is 2. The summed E-state index contributed by atoms with van der Waals surface area (Å²) >= 11 is 13.4. The maximum absolute atomic E-state index is 13.0. The van der Waals surface area contributed by atoms with Crippen molar-refractivity contribution in [2.75, 3.05) is 0 Å². The molecule has 0 unspecified atom stereocenters. The number of carboxylic acids is 3. The number of carboxylic acid groups (broad SMARTS) is 3. The van der Waals surface area contributed by atoms with E-state index in [9.17, 15) is 34.5 Å². The van der Waals surface area contributed by atoms with E-state index >= 15 is 0 Å². The van der Waals surface area contributed by atoms with Crippen molar-refractivity contribution in [3.63, 3.8) is 0 Å². The molecule has 52 heavy (non-hydrogen) atoms. The first-order chi connectivity index (χ1) is 24.9. The van der Waals surface area contributed by atoms with Gasteiger partial charge in [0.1, 0.15) is 5.75 Å². The summed E-state index contributed by atoms with van der Waals surface area (Å²) in [6, 6.07) is 13.7. The van der Waals surface area contributed by atoms with Crippen LogP contribution in [0.2, 0.25) is 10.0 Å². The topological polar surface area (TPSA) is 172 Å². The van der Waals surface area contributed by atoms with Crippen LogP contribution >= 0.6 is 23.2 Å². The van der Waals surface area contributed by atoms with Crippen LogP contribution in [-0.2, 0) is 42.5 Å². The second-order valence-corrected chi connectivity index (χ2v) is 14.6. The van der Waals surface area contributed by atoms with Crippen LogP contribution in [0.3, 0.4) is 0 Å². The number of carbonyl (C=O) groups excluding carboxylic acids is 1. The molecule has 1 aromatic heterocycles. The second kappa shape index (κ2) is 17.6. The van der Waals surface area contributed by atoms with Crippen molar-refractivity contribution in [2.45, 2.75) is 114 Å². The van der Waals surface area contributed by atoms with Crippen molar-refractivity contribution in [1.82, 2.24) is 10.3 Å². The lowest BCUT2D eigenvalue weighted by Gasteiger charge is -2.34. The fourth-order valence-electron chi connectivity index (χ4n) is 6.46. The van der Waals surface area contributed by atoms with Gasteiger partial charge in [-0.25, -0.2) is 0 Å². The molecule has 2 saturated carbocycles. The quantitative estimate of drug-likeness (QED) is 0.0737. The van der Waals surface area contributed by atoms with E-state index in [1.54, 1.807) is 6.20 Å². The molecule has 2 aromatic carbocycles. The Morgan fingerprint density at radius 2 is 1.44 bits per heavy atom. The van der Waals surface area contributed by atoms with Crippen LogP contribution in [-0.4, -0.2) is 55.8 Å². The average Bonchev–Trinajstić information content (AvgIpc) is 4.06. The molecule has 0 aliphatic heterocycles. The number of aromatic nitrogens is 1. The first kappa shape index (κ1) is 39.0. The Labute approximate surface area is 312 Å². The molecule has 3 aromatic rings. The summed E-state index contributed by atoms with van der Waals surface area (Å²) in [5, 5.41) is 31.5. The van der Waals surface area contributed by atoms with Gasteiger partial charge < -0.3 is 30.1 Å². The lowest BCUT2D eigenvalue weighted by atomic mass is 9.83.